The maximum Gasteiger partial charge on any atom is 0.226 e. The lowest BCUT2D eigenvalue weighted by molar-refractivity contribution is 0.0665. The van der Waals surface area contributed by atoms with Crippen molar-refractivity contribution in [2.24, 2.45) is 5.73 Å². The minimum atomic E-state index is -0.305. The molecule has 0 saturated carbocycles. The zero-order valence-corrected chi connectivity index (χ0v) is 11.0. The molecule has 1 aromatic rings. The third kappa shape index (κ3) is 5.28. The van der Waals surface area contributed by atoms with Crippen LogP contribution in [0, 0.1) is 0 Å². The lowest BCUT2D eigenvalue weighted by atomic mass is 10.2. The second kappa shape index (κ2) is 7.40. The van der Waals surface area contributed by atoms with E-state index in [1.165, 1.54) is 12.8 Å². The average Bonchev–Trinajstić information content (AvgIpc) is 2.75. The Labute approximate surface area is 103 Å². The maximum atomic E-state index is 5.90. The van der Waals surface area contributed by atoms with Crippen molar-refractivity contribution in [3.05, 3.63) is 11.7 Å². The second-order valence-electron chi connectivity index (χ2n) is 4.49. The van der Waals surface area contributed by atoms with Crippen LogP contribution in [0.25, 0.3) is 0 Å². The van der Waals surface area contributed by atoms with Gasteiger partial charge in [0, 0.05) is 6.42 Å². The number of hydrogen-bond donors (Lipinski definition) is 1. The third-order valence-electron chi connectivity index (χ3n) is 2.42. The predicted molar refractivity (Wildman–Crippen MR) is 65.5 cm³/mol. The molecule has 5 nitrogen and oxygen atoms in total. The molecule has 1 unspecified atom stereocenters. The fourth-order valence-electron chi connectivity index (χ4n) is 1.42. The Morgan fingerprint density at radius 3 is 2.76 bits per heavy atom. The topological polar surface area (TPSA) is 74.2 Å². The summed E-state index contributed by atoms with van der Waals surface area (Å²) in [5, 5.41) is 3.88. The highest BCUT2D eigenvalue weighted by atomic mass is 16.5. The lowest BCUT2D eigenvalue weighted by Crippen LogP contribution is -2.20. The van der Waals surface area contributed by atoms with Gasteiger partial charge >= 0.3 is 0 Å². The molecule has 1 heterocycles. The second-order valence-corrected chi connectivity index (χ2v) is 4.49. The number of rotatable bonds is 8. The molecule has 0 fully saturated rings. The van der Waals surface area contributed by atoms with Crippen molar-refractivity contribution in [3.8, 4) is 0 Å². The summed E-state index contributed by atoms with van der Waals surface area (Å²) >= 11 is 0. The van der Waals surface area contributed by atoms with Gasteiger partial charge in [0.25, 0.3) is 0 Å². The first-order chi connectivity index (χ1) is 8.13. The van der Waals surface area contributed by atoms with Gasteiger partial charge in [0.05, 0.1) is 18.8 Å². The number of aromatic nitrogens is 2. The summed E-state index contributed by atoms with van der Waals surface area (Å²) in [5.74, 6) is 1.21. The summed E-state index contributed by atoms with van der Waals surface area (Å²) in [7, 11) is 0. The van der Waals surface area contributed by atoms with Crippen LogP contribution in [0.2, 0.25) is 0 Å². The Morgan fingerprint density at radius 2 is 2.12 bits per heavy atom. The molecule has 0 amide bonds. The first-order valence-electron chi connectivity index (χ1n) is 6.33. The highest BCUT2D eigenvalue weighted by molar-refractivity contribution is 4.93. The zero-order valence-electron chi connectivity index (χ0n) is 11.0. The Bertz CT molecular complexity index is 312. The molecule has 0 radical (unpaired) electrons. The van der Waals surface area contributed by atoms with Gasteiger partial charge in [0.2, 0.25) is 5.89 Å². The molecule has 98 valence electrons. The predicted octanol–water partition coefficient (Wildman–Crippen LogP) is 2.23. The van der Waals surface area contributed by atoms with Gasteiger partial charge in [-0.3, -0.25) is 0 Å². The van der Waals surface area contributed by atoms with Gasteiger partial charge in [0.15, 0.2) is 5.82 Å². The molecule has 0 spiro atoms. The Balaban J connectivity index is 2.38. The van der Waals surface area contributed by atoms with Crippen molar-refractivity contribution in [2.75, 3.05) is 6.61 Å². The van der Waals surface area contributed by atoms with Crippen LogP contribution in [-0.4, -0.2) is 22.9 Å². The summed E-state index contributed by atoms with van der Waals surface area (Å²) < 4.78 is 10.6. The fourth-order valence-corrected chi connectivity index (χ4v) is 1.42. The minimum absolute atomic E-state index is 0.164. The summed E-state index contributed by atoms with van der Waals surface area (Å²) in [6, 6.07) is -0.305. The van der Waals surface area contributed by atoms with Gasteiger partial charge in [-0.1, -0.05) is 24.9 Å². The van der Waals surface area contributed by atoms with Crippen molar-refractivity contribution >= 4 is 0 Å². The number of ether oxygens (including phenoxy) is 1. The molecule has 0 aliphatic rings. The van der Waals surface area contributed by atoms with Crippen LogP contribution in [-0.2, 0) is 11.2 Å². The molecule has 2 N–H and O–H groups in total. The van der Waals surface area contributed by atoms with E-state index in [9.17, 15) is 0 Å². The van der Waals surface area contributed by atoms with Crippen LogP contribution in [0.3, 0.4) is 0 Å². The van der Waals surface area contributed by atoms with E-state index in [-0.39, 0.29) is 12.1 Å². The van der Waals surface area contributed by atoms with Gasteiger partial charge in [-0.2, -0.15) is 4.98 Å². The van der Waals surface area contributed by atoms with E-state index < -0.39 is 0 Å². The summed E-state index contributed by atoms with van der Waals surface area (Å²) in [4.78, 5) is 4.28. The Morgan fingerprint density at radius 1 is 1.35 bits per heavy atom. The standard InChI is InChI=1S/C12H23N3O2/c1-4-5-6-7-11-14-12(15-17-11)10(13)8-16-9(2)3/h9-10H,4-8,13H2,1-3H3. The Hall–Kier alpha value is -0.940. The van der Waals surface area contributed by atoms with Crippen molar-refractivity contribution in [2.45, 2.75) is 58.6 Å². The largest absolute Gasteiger partial charge is 0.377 e. The molecule has 1 atom stereocenters. The molecule has 0 aliphatic carbocycles. The smallest absolute Gasteiger partial charge is 0.226 e. The highest BCUT2D eigenvalue weighted by Crippen LogP contribution is 2.10. The van der Waals surface area contributed by atoms with E-state index in [4.69, 9.17) is 15.0 Å². The molecule has 0 bridgehead atoms. The van der Waals surface area contributed by atoms with E-state index >= 15 is 0 Å². The molecule has 0 saturated heterocycles. The van der Waals surface area contributed by atoms with Gasteiger partial charge in [-0.25, -0.2) is 0 Å². The van der Waals surface area contributed by atoms with E-state index in [0.717, 1.165) is 12.8 Å². The zero-order chi connectivity index (χ0) is 12.7. The maximum absolute atomic E-state index is 5.90. The number of nitrogens with two attached hydrogens (primary N) is 1. The quantitative estimate of drug-likeness (QED) is 0.706. The number of hydrogen-bond acceptors (Lipinski definition) is 5. The molecule has 17 heavy (non-hydrogen) atoms. The number of nitrogens with zero attached hydrogens (tertiary/aromatic N) is 2. The fraction of sp³-hybridized carbons (Fsp3) is 0.833. The highest BCUT2D eigenvalue weighted by Gasteiger charge is 2.14. The number of aryl methyl sites for hydroxylation is 1. The molecule has 0 aromatic carbocycles. The molecule has 5 heteroatoms. The SMILES string of the molecule is CCCCCc1nc(C(N)COC(C)C)no1. The van der Waals surface area contributed by atoms with Crippen LogP contribution in [0.5, 0.6) is 0 Å². The minimum Gasteiger partial charge on any atom is -0.377 e. The van der Waals surface area contributed by atoms with E-state index in [0.29, 0.717) is 18.3 Å². The van der Waals surface area contributed by atoms with Crippen LogP contribution >= 0.6 is 0 Å². The first kappa shape index (κ1) is 14.1. The van der Waals surface area contributed by atoms with Gasteiger partial charge in [0.1, 0.15) is 0 Å². The van der Waals surface area contributed by atoms with Crippen molar-refractivity contribution in [1.82, 2.24) is 10.1 Å². The van der Waals surface area contributed by atoms with Crippen LogP contribution < -0.4 is 5.73 Å². The van der Waals surface area contributed by atoms with Crippen LogP contribution in [0.15, 0.2) is 4.52 Å². The summed E-state index contributed by atoms with van der Waals surface area (Å²) in [6.45, 7) is 6.53. The van der Waals surface area contributed by atoms with Crippen molar-refractivity contribution in [3.63, 3.8) is 0 Å². The van der Waals surface area contributed by atoms with Gasteiger partial charge < -0.3 is 15.0 Å². The van der Waals surface area contributed by atoms with Gasteiger partial charge in [-0.05, 0) is 20.3 Å². The Kier molecular flexibility index (Phi) is 6.15. The molecular formula is C12H23N3O2. The van der Waals surface area contributed by atoms with Crippen LogP contribution in [0.4, 0.5) is 0 Å². The molecule has 1 aromatic heterocycles. The monoisotopic (exact) mass is 241 g/mol. The normalized spacial score (nSPS) is 13.2. The average molecular weight is 241 g/mol. The summed E-state index contributed by atoms with van der Waals surface area (Å²) in [6.07, 6.45) is 4.44. The van der Waals surface area contributed by atoms with Crippen molar-refractivity contribution < 1.29 is 9.26 Å². The van der Waals surface area contributed by atoms with E-state index in [2.05, 4.69) is 17.1 Å². The lowest BCUT2D eigenvalue weighted by Gasteiger charge is -2.10. The number of unbranched alkanes of at least 4 members (excludes halogenated alkanes) is 2. The van der Waals surface area contributed by atoms with Gasteiger partial charge in [-0.15, -0.1) is 0 Å². The van der Waals surface area contributed by atoms with Crippen molar-refractivity contribution in [1.29, 1.82) is 0 Å². The molecular weight excluding hydrogens is 218 g/mol. The molecule has 0 aliphatic heterocycles. The van der Waals surface area contributed by atoms with E-state index in [1.54, 1.807) is 0 Å². The van der Waals surface area contributed by atoms with E-state index in [1.807, 2.05) is 13.8 Å². The molecule has 1 rings (SSSR count). The van der Waals surface area contributed by atoms with Crippen LogP contribution in [0.1, 0.15) is 57.8 Å². The third-order valence-corrected chi connectivity index (χ3v) is 2.42. The summed E-state index contributed by atoms with van der Waals surface area (Å²) in [5.41, 5.74) is 5.90. The first-order valence-corrected chi connectivity index (χ1v) is 6.33.